The fourth-order valence-electron chi connectivity index (χ4n) is 11.3. The van der Waals surface area contributed by atoms with Crippen LogP contribution in [0, 0.1) is 23.7 Å². The molecule has 15 nitrogen and oxygen atoms in total. The van der Waals surface area contributed by atoms with E-state index in [0.717, 1.165) is 107 Å². The van der Waals surface area contributed by atoms with Crippen LogP contribution in [0.4, 0.5) is 0 Å². The average Bonchev–Trinajstić information content (AvgIpc) is 3.44. The molecule has 0 bridgehead atoms. The van der Waals surface area contributed by atoms with Crippen LogP contribution in [0.3, 0.4) is 0 Å². The maximum absolute atomic E-state index is 12.8. The van der Waals surface area contributed by atoms with Crippen molar-refractivity contribution in [2.45, 2.75) is 257 Å². The highest BCUT2D eigenvalue weighted by molar-refractivity contribution is 7.93. The van der Waals surface area contributed by atoms with Gasteiger partial charge in [0, 0.05) is 44.6 Å². The van der Waals surface area contributed by atoms with Crippen LogP contribution in [0.25, 0.3) is 0 Å². The summed E-state index contributed by atoms with van der Waals surface area (Å²) in [5.41, 5.74) is 0. The molecule has 0 aromatic rings. The van der Waals surface area contributed by atoms with Crippen molar-refractivity contribution in [2.24, 2.45) is 23.7 Å². The van der Waals surface area contributed by atoms with Gasteiger partial charge in [-0.05, 0) is 140 Å². The van der Waals surface area contributed by atoms with Crippen molar-refractivity contribution in [3.05, 3.63) is 0 Å². The van der Waals surface area contributed by atoms with Crippen LogP contribution in [-0.4, -0.2) is 138 Å². The molecule has 0 heterocycles. The lowest BCUT2D eigenvalue weighted by molar-refractivity contribution is -0.166. The van der Waals surface area contributed by atoms with E-state index in [1.165, 1.54) is 141 Å². The third-order valence-corrected chi connectivity index (χ3v) is 16.4. The van der Waals surface area contributed by atoms with Crippen LogP contribution in [-0.2, 0) is 57.1 Å². The van der Waals surface area contributed by atoms with Gasteiger partial charge in [0.15, 0.2) is 12.2 Å². The Morgan fingerprint density at radius 3 is 1.22 bits per heavy atom. The number of carbonyl (C=O) groups excluding carboxylic acids is 4. The molecule has 4 rings (SSSR count). The first-order valence-electron chi connectivity index (χ1n) is 31.3. The predicted molar refractivity (Wildman–Crippen MR) is 313 cm³/mol. The van der Waals surface area contributed by atoms with Crippen molar-refractivity contribution in [3.63, 3.8) is 0 Å². The van der Waals surface area contributed by atoms with E-state index in [1.807, 2.05) is 14.1 Å². The van der Waals surface area contributed by atoms with Gasteiger partial charge in [-0.3, -0.25) is 19.2 Å². The molecule has 2 unspecified atom stereocenters. The Balaban J connectivity index is 0.00000213. The molecule has 0 amide bonds. The summed E-state index contributed by atoms with van der Waals surface area (Å²) in [5, 5.41) is 3.47. The maximum atomic E-state index is 12.8. The molecular weight excluding hydrogens is 1010 g/mol. The SMILES string of the molecule is C.CN(C)CCCSO.O=C(CCC1CCCCC1)OCC(COCOCCCC1CCCCC1)OC(=O)CCCCCNCCCCCC(=O)OC(COCOCCCC1CCCCC1)COC(=O)CCC1CCCCC1. The van der Waals surface area contributed by atoms with E-state index in [2.05, 4.69) is 10.2 Å². The fourth-order valence-corrected chi connectivity index (χ4v) is 11.5. The van der Waals surface area contributed by atoms with Crippen LogP contribution in [0.1, 0.15) is 245 Å². The number of carbonyl (C=O) groups is 4. The van der Waals surface area contributed by atoms with E-state index in [4.69, 9.17) is 42.4 Å². The highest BCUT2D eigenvalue weighted by atomic mass is 32.2. The van der Waals surface area contributed by atoms with E-state index in [1.54, 1.807) is 0 Å². The molecule has 0 saturated heterocycles. The zero-order chi connectivity index (χ0) is 55.1. The highest BCUT2D eigenvalue weighted by Crippen LogP contribution is 2.30. The lowest BCUT2D eigenvalue weighted by Crippen LogP contribution is -2.30. The lowest BCUT2D eigenvalue weighted by atomic mass is 9.86. The largest absolute Gasteiger partial charge is 0.462 e. The molecule has 4 aliphatic rings. The van der Waals surface area contributed by atoms with Crippen LogP contribution in [0.2, 0.25) is 0 Å². The first kappa shape index (κ1) is 72.1. The van der Waals surface area contributed by atoms with Crippen molar-refractivity contribution in [2.75, 3.05) is 92.7 Å². The Bertz CT molecular complexity index is 1330. The van der Waals surface area contributed by atoms with E-state index in [9.17, 15) is 19.2 Å². The van der Waals surface area contributed by atoms with Gasteiger partial charge in [-0.1, -0.05) is 149 Å². The highest BCUT2D eigenvalue weighted by Gasteiger charge is 2.22. The second-order valence-corrected chi connectivity index (χ2v) is 23.8. The topological polar surface area (TPSA) is 178 Å². The summed E-state index contributed by atoms with van der Waals surface area (Å²) in [6.45, 7) is 4.53. The summed E-state index contributed by atoms with van der Waals surface area (Å²) >= 11 is 0.917. The fraction of sp³-hybridized carbons (Fsp3) is 0.935. The van der Waals surface area contributed by atoms with Gasteiger partial charge in [-0.25, -0.2) is 0 Å². The number of nitrogens with zero attached hydrogens (tertiary/aromatic N) is 1. The average molecular weight is 1130 g/mol. The van der Waals surface area contributed by atoms with Gasteiger partial charge in [0.05, 0.1) is 13.2 Å². The van der Waals surface area contributed by atoms with E-state index in [0.29, 0.717) is 63.6 Å². The van der Waals surface area contributed by atoms with E-state index in [-0.39, 0.29) is 71.3 Å². The molecule has 2 N–H and O–H groups in total. The smallest absolute Gasteiger partial charge is 0.306 e. The van der Waals surface area contributed by atoms with Gasteiger partial charge in [-0.2, -0.15) is 0 Å². The third kappa shape index (κ3) is 41.9. The Morgan fingerprint density at radius 2 is 0.846 bits per heavy atom. The predicted octanol–water partition coefficient (Wildman–Crippen LogP) is 13.8. The number of rotatable bonds is 44. The number of ether oxygens (including phenoxy) is 8. The van der Waals surface area contributed by atoms with Crippen molar-refractivity contribution in [1.29, 1.82) is 0 Å². The minimum absolute atomic E-state index is 0. The number of hydrogen-bond acceptors (Lipinski definition) is 16. The molecule has 0 aromatic heterocycles. The maximum Gasteiger partial charge on any atom is 0.306 e. The molecule has 0 aliphatic heterocycles. The Morgan fingerprint density at radius 1 is 0.462 bits per heavy atom. The number of hydrogen-bond donors (Lipinski definition) is 2. The van der Waals surface area contributed by atoms with Gasteiger partial charge in [0.25, 0.3) is 0 Å². The zero-order valence-electron chi connectivity index (χ0n) is 48.8. The molecule has 4 aliphatic carbocycles. The van der Waals surface area contributed by atoms with Gasteiger partial charge in [0.1, 0.15) is 26.8 Å². The van der Waals surface area contributed by atoms with Crippen molar-refractivity contribution < 1.29 is 61.6 Å². The standard InChI is InChI=1S/C56H99NO12.C5H13NOS.CH4/c58-53(35-33-49-25-11-3-12-26-49)66-43-51(41-64-45-62-39-19-29-47-21-7-1-8-22-47)68-55(60)31-15-5-17-37-57-38-18-6-16-32-56(61)69-52(44-67-54(59)36-34-50-27-13-4-14-28-50)42-65-46-63-40-20-30-48-23-9-2-10-24-48;1-6(2)4-3-5-8-7;/h47-52,57H,1-46H2;7H,3-5H2,1-2H3;1H4. The molecule has 2 atom stereocenters. The molecular formula is C62H116N2O13S. The third-order valence-electron chi connectivity index (χ3n) is 15.9. The molecule has 0 aromatic carbocycles. The molecule has 458 valence electrons. The quantitative estimate of drug-likeness (QED) is 0.0193. The lowest BCUT2D eigenvalue weighted by Gasteiger charge is -2.22. The molecule has 78 heavy (non-hydrogen) atoms. The normalized spacial score (nSPS) is 17.6. The van der Waals surface area contributed by atoms with Crippen molar-refractivity contribution >= 4 is 35.9 Å². The number of unbranched alkanes of at least 4 members (excludes halogenated alkanes) is 4. The van der Waals surface area contributed by atoms with E-state index < -0.39 is 12.2 Å². The molecule has 4 fully saturated rings. The first-order valence-corrected chi connectivity index (χ1v) is 32.3. The van der Waals surface area contributed by atoms with Crippen LogP contribution in [0.5, 0.6) is 0 Å². The molecule has 4 saturated carbocycles. The molecule has 16 heteroatoms. The van der Waals surface area contributed by atoms with Crippen LogP contribution in [0.15, 0.2) is 0 Å². The second-order valence-electron chi connectivity index (χ2n) is 23.1. The summed E-state index contributed by atoms with van der Waals surface area (Å²) in [7, 11) is 4.06. The van der Waals surface area contributed by atoms with Gasteiger partial charge in [0.2, 0.25) is 0 Å². The summed E-state index contributed by atoms with van der Waals surface area (Å²) in [6, 6.07) is 0. The minimum Gasteiger partial charge on any atom is -0.462 e. The number of nitrogens with one attached hydrogen (secondary N) is 1. The van der Waals surface area contributed by atoms with Crippen LogP contribution < -0.4 is 5.32 Å². The summed E-state index contributed by atoms with van der Waals surface area (Å²) in [4.78, 5) is 53.0. The summed E-state index contributed by atoms with van der Waals surface area (Å²) < 4.78 is 53.8. The Kier molecular flexibility index (Phi) is 46.8. The van der Waals surface area contributed by atoms with Crippen molar-refractivity contribution in [1.82, 2.24) is 10.2 Å². The van der Waals surface area contributed by atoms with Gasteiger partial charge >= 0.3 is 23.9 Å². The van der Waals surface area contributed by atoms with Gasteiger partial charge < -0.3 is 52.7 Å². The van der Waals surface area contributed by atoms with Gasteiger partial charge in [-0.15, -0.1) is 0 Å². The molecule has 0 radical (unpaired) electrons. The second kappa shape index (κ2) is 50.7. The Labute approximate surface area is 479 Å². The Hall–Kier alpha value is -2.05. The minimum atomic E-state index is -0.666. The first-order chi connectivity index (χ1) is 37.7. The van der Waals surface area contributed by atoms with E-state index >= 15 is 0 Å². The number of esters is 4. The summed E-state index contributed by atoms with van der Waals surface area (Å²) in [5.74, 6) is 2.60. The zero-order valence-corrected chi connectivity index (χ0v) is 49.6. The molecule has 0 spiro atoms. The summed E-state index contributed by atoms with van der Waals surface area (Å²) in [6.07, 6.45) is 38.1. The van der Waals surface area contributed by atoms with Crippen LogP contribution >= 0.6 is 12.0 Å². The van der Waals surface area contributed by atoms with Crippen molar-refractivity contribution in [3.8, 4) is 0 Å². The monoisotopic (exact) mass is 1130 g/mol.